The highest BCUT2D eigenvalue weighted by Gasteiger charge is 2.17. The molecule has 130 valence electrons. The van der Waals surface area contributed by atoms with Gasteiger partial charge in [-0.05, 0) is 37.4 Å². The van der Waals surface area contributed by atoms with E-state index in [2.05, 4.69) is 32.5 Å². The van der Waals surface area contributed by atoms with Gasteiger partial charge in [-0.3, -0.25) is 0 Å². The van der Waals surface area contributed by atoms with E-state index < -0.39 is 0 Å². The molecule has 0 bridgehead atoms. The van der Waals surface area contributed by atoms with E-state index >= 15 is 0 Å². The van der Waals surface area contributed by atoms with Crippen LogP contribution >= 0.6 is 0 Å². The van der Waals surface area contributed by atoms with Crippen LogP contribution in [0.1, 0.15) is 25.3 Å². The monoisotopic (exact) mass is 340 g/mol. The number of nitrogens with zero attached hydrogens (tertiary/aromatic N) is 3. The zero-order chi connectivity index (χ0) is 17.2. The molecule has 1 aliphatic heterocycles. The zero-order valence-electron chi connectivity index (χ0n) is 14.1. The summed E-state index contributed by atoms with van der Waals surface area (Å²) < 4.78 is 13.7. The number of halogens is 1. The minimum atomic E-state index is -0.355. The maximum Gasteiger partial charge on any atom is 0.223 e. The molecule has 7 heteroatoms. The minimum absolute atomic E-state index is 0.330. The summed E-state index contributed by atoms with van der Waals surface area (Å²) in [7, 11) is 0. The van der Waals surface area contributed by atoms with Crippen LogP contribution < -0.4 is 10.6 Å². The van der Waals surface area contributed by atoms with Gasteiger partial charge in [0.25, 0.3) is 0 Å². The molecule has 0 saturated carbocycles. The number of rotatable bonds is 4. The highest BCUT2D eigenvalue weighted by atomic mass is 19.1. The third-order valence-corrected chi connectivity index (χ3v) is 4.63. The number of aryl methyl sites for hydroxylation is 1. The van der Waals surface area contributed by atoms with Gasteiger partial charge in [0.05, 0.1) is 11.9 Å². The average Bonchev–Trinajstić information content (AvgIpc) is 3.05. The Morgan fingerprint density at radius 3 is 3.04 bits per heavy atom. The quantitative estimate of drug-likeness (QED) is 0.681. The van der Waals surface area contributed by atoms with Crippen molar-refractivity contribution in [1.82, 2.24) is 25.3 Å². The molecule has 1 saturated heterocycles. The summed E-state index contributed by atoms with van der Waals surface area (Å²) in [6.45, 7) is 4.04. The Balaban J connectivity index is 1.73. The predicted octanol–water partition coefficient (Wildman–Crippen LogP) is 2.89. The number of fused-ring (bicyclic) bond motifs is 1. The Morgan fingerprint density at radius 1 is 1.32 bits per heavy atom. The van der Waals surface area contributed by atoms with Crippen LogP contribution in [-0.4, -0.2) is 39.1 Å². The number of H-pyrrole nitrogens is 1. The van der Waals surface area contributed by atoms with Gasteiger partial charge in [0.15, 0.2) is 0 Å². The van der Waals surface area contributed by atoms with Crippen LogP contribution in [0.4, 0.5) is 10.3 Å². The maximum absolute atomic E-state index is 13.7. The van der Waals surface area contributed by atoms with E-state index in [4.69, 9.17) is 4.98 Å². The number of hydrogen-bond donors (Lipinski definition) is 3. The highest BCUT2D eigenvalue weighted by Crippen LogP contribution is 2.30. The molecule has 0 spiro atoms. The topological polar surface area (TPSA) is 78.5 Å². The second-order valence-electron chi connectivity index (χ2n) is 6.36. The summed E-state index contributed by atoms with van der Waals surface area (Å²) in [5.74, 6) is 0.256. The van der Waals surface area contributed by atoms with Crippen molar-refractivity contribution in [3.05, 3.63) is 36.0 Å². The highest BCUT2D eigenvalue weighted by molar-refractivity contribution is 5.93. The van der Waals surface area contributed by atoms with Crippen LogP contribution in [0.3, 0.4) is 0 Å². The average molecular weight is 340 g/mol. The normalized spacial score (nSPS) is 17.8. The van der Waals surface area contributed by atoms with Gasteiger partial charge < -0.3 is 15.6 Å². The lowest BCUT2D eigenvalue weighted by atomic mass is 10.1. The van der Waals surface area contributed by atoms with E-state index in [1.165, 1.54) is 12.3 Å². The van der Waals surface area contributed by atoms with Gasteiger partial charge in [-0.15, -0.1) is 0 Å². The number of hydrogen-bond acceptors (Lipinski definition) is 5. The van der Waals surface area contributed by atoms with Crippen molar-refractivity contribution in [1.29, 1.82) is 0 Å². The standard InChI is InChI=1S/C18H21FN6/c1-2-11-7-23-18(24-13-4-3-5-20-9-13)25-16(11)15-10-22-17-14(15)6-12(19)8-21-17/h6-8,10,13,20H,2-5,9H2,1H3,(H,21,22)(H,23,24,25). The number of aromatic amines is 1. The molecule has 3 N–H and O–H groups in total. The largest absolute Gasteiger partial charge is 0.350 e. The SMILES string of the molecule is CCc1cnc(NC2CCCNC2)nc1-c1c[nH]c2ncc(F)cc12. The van der Waals surface area contributed by atoms with Gasteiger partial charge in [-0.2, -0.15) is 0 Å². The van der Waals surface area contributed by atoms with Crippen molar-refractivity contribution in [2.45, 2.75) is 32.2 Å². The Hall–Kier alpha value is -2.54. The van der Waals surface area contributed by atoms with Crippen LogP contribution in [0.15, 0.2) is 24.7 Å². The summed E-state index contributed by atoms with van der Waals surface area (Å²) in [5, 5.41) is 7.52. The molecule has 0 aromatic carbocycles. The first-order valence-electron chi connectivity index (χ1n) is 8.70. The van der Waals surface area contributed by atoms with Gasteiger partial charge in [0.2, 0.25) is 5.95 Å². The molecule has 6 nitrogen and oxygen atoms in total. The predicted molar refractivity (Wildman–Crippen MR) is 96.0 cm³/mol. The second-order valence-corrected chi connectivity index (χ2v) is 6.36. The van der Waals surface area contributed by atoms with Crippen molar-refractivity contribution in [2.75, 3.05) is 18.4 Å². The first-order valence-corrected chi connectivity index (χ1v) is 8.70. The van der Waals surface area contributed by atoms with Crippen molar-refractivity contribution in [2.24, 2.45) is 0 Å². The molecule has 0 radical (unpaired) electrons. The Morgan fingerprint density at radius 2 is 2.24 bits per heavy atom. The molecule has 1 aliphatic rings. The first-order chi connectivity index (χ1) is 12.2. The van der Waals surface area contributed by atoms with E-state index in [1.54, 1.807) is 0 Å². The summed E-state index contributed by atoms with van der Waals surface area (Å²) in [6.07, 6.45) is 7.95. The Labute approximate surface area is 145 Å². The molecule has 4 rings (SSSR count). The Bertz CT molecular complexity index is 884. The second kappa shape index (κ2) is 6.76. The summed E-state index contributed by atoms with van der Waals surface area (Å²) >= 11 is 0. The zero-order valence-corrected chi connectivity index (χ0v) is 14.1. The van der Waals surface area contributed by atoms with Crippen molar-refractivity contribution in [3.8, 4) is 11.3 Å². The van der Waals surface area contributed by atoms with Crippen molar-refractivity contribution < 1.29 is 4.39 Å². The van der Waals surface area contributed by atoms with Crippen LogP contribution in [0.25, 0.3) is 22.3 Å². The fraction of sp³-hybridized carbons (Fsp3) is 0.389. The lowest BCUT2D eigenvalue weighted by Gasteiger charge is -2.24. The number of pyridine rings is 1. The van der Waals surface area contributed by atoms with Gasteiger partial charge in [0.1, 0.15) is 11.5 Å². The van der Waals surface area contributed by atoms with Gasteiger partial charge in [-0.1, -0.05) is 6.92 Å². The fourth-order valence-electron chi connectivity index (χ4n) is 3.30. The number of anilines is 1. The van der Waals surface area contributed by atoms with Crippen LogP contribution in [0.5, 0.6) is 0 Å². The number of aromatic nitrogens is 4. The van der Waals surface area contributed by atoms with Gasteiger partial charge in [0, 0.05) is 35.9 Å². The fourth-order valence-corrected chi connectivity index (χ4v) is 3.30. The van der Waals surface area contributed by atoms with E-state index in [0.29, 0.717) is 17.6 Å². The third-order valence-electron chi connectivity index (χ3n) is 4.63. The summed E-state index contributed by atoms with van der Waals surface area (Å²) in [6, 6.07) is 1.82. The molecule has 3 aromatic heterocycles. The molecule has 3 aromatic rings. The lowest BCUT2D eigenvalue weighted by molar-refractivity contribution is 0.478. The smallest absolute Gasteiger partial charge is 0.223 e. The molecule has 1 unspecified atom stereocenters. The molecule has 25 heavy (non-hydrogen) atoms. The molecular formula is C18H21FN6. The number of nitrogens with one attached hydrogen (secondary N) is 3. The summed E-state index contributed by atoms with van der Waals surface area (Å²) in [4.78, 5) is 16.4. The Kier molecular flexibility index (Phi) is 4.31. The molecule has 1 fully saturated rings. The van der Waals surface area contributed by atoms with E-state index in [0.717, 1.165) is 54.6 Å². The minimum Gasteiger partial charge on any atom is -0.350 e. The van der Waals surface area contributed by atoms with E-state index in [1.807, 2.05) is 12.4 Å². The molecular weight excluding hydrogens is 319 g/mol. The van der Waals surface area contributed by atoms with Gasteiger partial charge in [-0.25, -0.2) is 19.3 Å². The van der Waals surface area contributed by atoms with Crippen molar-refractivity contribution in [3.63, 3.8) is 0 Å². The molecule has 0 amide bonds. The molecule has 1 atom stereocenters. The third kappa shape index (κ3) is 3.19. The molecule has 0 aliphatic carbocycles. The van der Waals surface area contributed by atoms with Crippen molar-refractivity contribution >= 4 is 17.0 Å². The number of piperidine rings is 1. The van der Waals surface area contributed by atoms with E-state index in [-0.39, 0.29) is 5.82 Å². The van der Waals surface area contributed by atoms with Crippen LogP contribution in [-0.2, 0) is 6.42 Å². The lowest BCUT2D eigenvalue weighted by Crippen LogP contribution is -2.38. The van der Waals surface area contributed by atoms with Crippen LogP contribution in [0, 0.1) is 5.82 Å². The maximum atomic E-state index is 13.7. The first kappa shape index (κ1) is 16.0. The molecule has 4 heterocycles. The summed E-state index contributed by atoms with van der Waals surface area (Å²) in [5.41, 5.74) is 3.36. The van der Waals surface area contributed by atoms with Crippen LogP contribution in [0.2, 0.25) is 0 Å². The van der Waals surface area contributed by atoms with E-state index in [9.17, 15) is 4.39 Å². The van der Waals surface area contributed by atoms with Gasteiger partial charge >= 0.3 is 0 Å².